The van der Waals surface area contributed by atoms with Crippen LogP contribution in [0.1, 0.15) is 18.4 Å². The number of nitro groups is 1. The molecular formula is C15H20ClN5O2. The molecule has 124 valence electrons. The van der Waals surface area contributed by atoms with Crippen LogP contribution in [0.2, 0.25) is 5.15 Å². The minimum Gasteiger partial charge on any atom is -0.359 e. The van der Waals surface area contributed by atoms with Gasteiger partial charge in [0.15, 0.2) is 5.82 Å². The van der Waals surface area contributed by atoms with Gasteiger partial charge in [0.1, 0.15) is 5.15 Å². The van der Waals surface area contributed by atoms with Gasteiger partial charge in [-0.15, -0.1) is 0 Å². The molecule has 1 aliphatic carbocycles. The van der Waals surface area contributed by atoms with Gasteiger partial charge < -0.3 is 9.80 Å². The van der Waals surface area contributed by atoms with E-state index in [1.54, 1.807) is 12.3 Å². The first-order chi connectivity index (χ1) is 11.0. The molecule has 0 bridgehead atoms. The number of hydrogen-bond acceptors (Lipinski definition) is 6. The Balaban J connectivity index is 1.91. The summed E-state index contributed by atoms with van der Waals surface area (Å²) < 4.78 is 0. The number of halogens is 1. The largest absolute Gasteiger partial charge is 0.359 e. The van der Waals surface area contributed by atoms with Crippen LogP contribution in [0.4, 0.5) is 0 Å². The van der Waals surface area contributed by atoms with Crippen LogP contribution in [0, 0.1) is 10.1 Å². The molecule has 3 rings (SSSR count). The second-order valence-corrected chi connectivity index (χ2v) is 6.62. The molecule has 0 saturated heterocycles. The summed E-state index contributed by atoms with van der Waals surface area (Å²) in [5, 5.41) is 12.0. The highest BCUT2D eigenvalue weighted by Gasteiger charge is 2.39. The van der Waals surface area contributed by atoms with Gasteiger partial charge in [-0.1, -0.05) is 17.7 Å². The maximum Gasteiger partial charge on any atom is 0.300 e. The molecule has 8 heteroatoms. The van der Waals surface area contributed by atoms with Crippen LogP contribution in [0.3, 0.4) is 0 Å². The monoisotopic (exact) mass is 337 g/mol. The van der Waals surface area contributed by atoms with E-state index in [1.807, 2.05) is 30.0 Å². The minimum atomic E-state index is -0.253. The van der Waals surface area contributed by atoms with Crippen molar-refractivity contribution in [1.29, 1.82) is 0 Å². The van der Waals surface area contributed by atoms with Gasteiger partial charge in [-0.05, 0) is 24.5 Å². The first-order valence-electron chi connectivity index (χ1n) is 7.60. The molecule has 1 saturated carbocycles. The molecule has 0 atom stereocenters. The highest BCUT2D eigenvalue weighted by atomic mass is 35.5. The van der Waals surface area contributed by atoms with E-state index in [0.29, 0.717) is 36.8 Å². The molecule has 2 aliphatic rings. The molecule has 1 aliphatic heterocycles. The average molecular weight is 338 g/mol. The Kier molecular flexibility index (Phi) is 4.41. The first kappa shape index (κ1) is 16.0. The summed E-state index contributed by atoms with van der Waals surface area (Å²) in [5.74, 6) is 0.668. The zero-order valence-electron chi connectivity index (χ0n) is 13.3. The SMILES string of the molecule is CN(C)C1=C([N+](=O)[O-])CN(C2CC2)CN1Cc1ccc(Cl)nc1. The standard InChI is InChI=1S/C15H20ClN5O2/c1-18(2)15-13(21(22)23)9-19(12-4-5-12)10-20(15)8-11-3-6-14(16)17-7-11/h3,6-7,12H,4-5,8-10H2,1-2H3. The normalized spacial score (nSPS) is 19.2. The molecule has 0 radical (unpaired) electrons. The van der Waals surface area contributed by atoms with Gasteiger partial charge in [0, 0.05) is 32.9 Å². The topological polar surface area (TPSA) is 65.8 Å². The van der Waals surface area contributed by atoms with Gasteiger partial charge >= 0.3 is 0 Å². The van der Waals surface area contributed by atoms with Crippen molar-refractivity contribution < 1.29 is 4.92 Å². The lowest BCUT2D eigenvalue weighted by Gasteiger charge is -2.39. The summed E-state index contributed by atoms with van der Waals surface area (Å²) >= 11 is 5.83. The van der Waals surface area contributed by atoms with Gasteiger partial charge in [-0.2, -0.15) is 0 Å². The van der Waals surface area contributed by atoms with Crippen molar-refractivity contribution in [2.45, 2.75) is 25.4 Å². The van der Waals surface area contributed by atoms with E-state index in [-0.39, 0.29) is 10.6 Å². The second kappa shape index (κ2) is 6.33. The average Bonchev–Trinajstić information content (AvgIpc) is 3.33. The van der Waals surface area contributed by atoms with Gasteiger partial charge in [0.05, 0.1) is 18.1 Å². The molecule has 1 aromatic rings. The van der Waals surface area contributed by atoms with Crippen LogP contribution in [0.25, 0.3) is 0 Å². The lowest BCUT2D eigenvalue weighted by atomic mass is 10.2. The molecule has 0 N–H and O–H groups in total. The van der Waals surface area contributed by atoms with E-state index in [0.717, 1.165) is 18.4 Å². The Hall–Kier alpha value is -1.86. The third kappa shape index (κ3) is 3.56. The van der Waals surface area contributed by atoms with Crippen molar-refractivity contribution in [3.8, 4) is 0 Å². The summed E-state index contributed by atoms with van der Waals surface area (Å²) in [5.41, 5.74) is 1.24. The zero-order valence-corrected chi connectivity index (χ0v) is 14.0. The summed E-state index contributed by atoms with van der Waals surface area (Å²) in [7, 11) is 3.69. The van der Waals surface area contributed by atoms with E-state index in [4.69, 9.17) is 11.6 Å². The van der Waals surface area contributed by atoms with Crippen LogP contribution in [-0.2, 0) is 6.54 Å². The van der Waals surface area contributed by atoms with Crippen LogP contribution in [-0.4, -0.2) is 58.0 Å². The maximum absolute atomic E-state index is 11.5. The Bertz CT molecular complexity index is 627. The van der Waals surface area contributed by atoms with E-state index in [1.165, 1.54) is 0 Å². The maximum atomic E-state index is 11.5. The molecule has 1 fully saturated rings. The predicted molar refractivity (Wildman–Crippen MR) is 87.1 cm³/mol. The van der Waals surface area contributed by atoms with Crippen molar-refractivity contribution in [3.05, 3.63) is 50.7 Å². The van der Waals surface area contributed by atoms with E-state index in [9.17, 15) is 10.1 Å². The highest BCUT2D eigenvalue weighted by Crippen LogP contribution is 2.32. The van der Waals surface area contributed by atoms with E-state index in [2.05, 4.69) is 9.88 Å². The van der Waals surface area contributed by atoms with Crippen molar-refractivity contribution >= 4 is 11.6 Å². The number of nitrogens with zero attached hydrogens (tertiary/aromatic N) is 5. The lowest BCUT2D eigenvalue weighted by Crippen LogP contribution is -2.48. The quantitative estimate of drug-likeness (QED) is 0.465. The molecule has 0 amide bonds. The molecule has 1 aromatic heterocycles. The fraction of sp³-hybridized carbons (Fsp3) is 0.533. The molecule has 2 heterocycles. The van der Waals surface area contributed by atoms with Crippen molar-refractivity contribution in [2.75, 3.05) is 27.3 Å². The molecule has 7 nitrogen and oxygen atoms in total. The molecule has 0 aromatic carbocycles. The van der Waals surface area contributed by atoms with Crippen LogP contribution < -0.4 is 0 Å². The van der Waals surface area contributed by atoms with E-state index < -0.39 is 0 Å². The highest BCUT2D eigenvalue weighted by molar-refractivity contribution is 6.29. The van der Waals surface area contributed by atoms with Gasteiger partial charge in [-0.25, -0.2) is 4.98 Å². The smallest absolute Gasteiger partial charge is 0.300 e. The van der Waals surface area contributed by atoms with Crippen molar-refractivity contribution in [3.63, 3.8) is 0 Å². The summed E-state index contributed by atoms with van der Waals surface area (Å²) in [6, 6.07) is 4.12. The Morgan fingerprint density at radius 1 is 1.43 bits per heavy atom. The molecule has 23 heavy (non-hydrogen) atoms. The number of aromatic nitrogens is 1. The summed E-state index contributed by atoms with van der Waals surface area (Å²) in [6.45, 7) is 1.66. The predicted octanol–water partition coefficient (Wildman–Crippen LogP) is 1.98. The first-order valence-corrected chi connectivity index (χ1v) is 7.98. The third-order valence-corrected chi connectivity index (χ3v) is 4.36. The summed E-state index contributed by atoms with van der Waals surface area (Å²) in [6.07, 6.45) is 3.97. The third-order valence-electron chi connectivity index (χ3n) is 4.13. The second-order valence-electron chi connectivity index (χ2n) is 6.23. The minimum absolute atomic E-state index is 0.253. The Morgan fingerprint density at radius 2 is 2.17 bits per heavy atom. The number of pyridine rings is 1. The fourth-order valence-electron chi connectivity index (χ4n) is 2.99. The van der Waals surface area contributed by atoms with Gasteiger partial charge in [0.25, 0.3) is 5.70 Å². The number of rotatable bonds is 5. The van der Waals surface area contributed by atoms with Gasteiger partial charge in [0.2, 0.25) is 0 Å². The Labute approximate surface area is 140 Å². The van der Waals surface area contributed by atoms with Crippen LogP contribution >= 0.6 is 11.6 Å². The van der Waals surface area contributed by atoms with Crippen LogP contribution in [0.5, 0.6) is 0 Å². The van der Waals surface area contributed by atoms with Crippen molar-refractivity contribution in [1.82, 2.24) is 19.7 Å². The van der Waals surface area contributed by atoms with E-state index >= 15 is 0 Å². The molecule has 0 unspecified atom stereocenters. The van der Waals surface area contributed by atoms with Gasteiger partial charge in [-0.3, -0.25) is 15.0 Å². The molecule has 0 spiro atoms. The molecular weight excluding hydrogens is 318 g/mol. The fourth-order valence-corrected chi connectivity index (χ4v) is 3.10. The lowest BCUT2D eigenvalue weighted by molar-refractivity contribution is -0.433. The van der Waals surface area contributed by atoms with Crippen LogP contribution in [0.15, 0.2) is 29.8 Å². The summed E-state index contributed by atoms with van der Waals surface area (Å²) in [4.78, 5) is 21.4. The van der Waals surface area contributed by atoms with Crippen molar-refractivity contribution in [2.24, 2.45) is 0 Å². The zero-order chi connectivity index (χ0) is 16.6. The Morgan fingerprint density at radius 3 is 2.70 bits per heavy atom. The number of hydrogen-bond donors (Lipinski definition) is 0.